The third-order valence-corrected chi connectivity index (χ3v) is 6.05. The average Bonchev–Trinajstić information content (AvgIpc) is 2.32. The van der Waals surface area contributed by atoms with Gasteiger partial charge >= 0.3 is 0 Å². The number of hydrogen-bond donors (Lipinski definition) is 0. The van der Waals surface area contributed by atoms with Crippen LogP contribution in [0.15, 0.2) is 12.1 Å². The van der Waals surface area contributed by atoms with Gasteiger partial charge in [0.2, 0.25) is 0 Å². The Morgan fingerprint density at radius 1 is 1.26 bits per heavy atom. The van der Waals surface area contributed by atoms with Gasteiger partial charge in [-0.25, -0.2) is 0 Å². The van der Waals surface area contributed by atoms with Gasteiger partial charge in [0.05, 0.1) is 7.14 Å². The van der Waals surface area contributed by atoms with Crippen molar-refractivity contribution in [2.45, 2.75) is 36.8 Å². The van der Waals surface area contributed by atoms with Crippen LogP contribution in [0.25, 0.3) is 0 Å². The number of halogens is 4. The summed E-state index contributed by atoms with van der Waals surface area (Å²) in [6, 6.07) is 4.29. The Kier molecular flexibility index (Phi) is 6.96. The number of alkyl halides is 1. The highest BCUT2D eigenvalue weighted by atomic mass is 127. The molecule has 0 N–H and O–H groups in total. The van der Waals surface area contributed by atoms with Crippen LogP contribution in [0.3, 0.4) is 0 Å². The number of benzene rings is 1. The molecule has 0 aromatic heterocycles. The molecule has 106 valence electrons. The zero-order valence-electron chi connectivity index (χ0n) is 10.3. The van der Waals surface area contributed by atoms with Crippen LogP contribution in [0.5, 0.6) is 5.75 Å². The minimum atomic E-state index is 0.165. The SMILES string of the molecule is CCCOC1C(Br)CC1Oc1c(I)cc(I)cc1I. The molecule has 1 fully saturated rings. The molecule has 0 saturated heterocycles. The zero-order chi connectivity index (χ0) is 14.0. The second-order valence-electron chi connectivity index (χ2n) is 4.44. The monoisotopic (exact) mass is 662 g/mol. The van der Waals surface area contributed by atoms with E-state index in [-0.39, 0.29) is 12.2 Å². The molecular weight excluding hydrogens is 649 g/mol. The quantitative estimate of drug-likeness (QED) is 0.319. The smallest absolute Gasteiger partial charge is 0.146 e. The Bertz CT molecular complexity index is 433. The van der Waals surface area contributed by atoms with E-state index in [0.29, 0.717) is 4.83 Å². The molecule has 2 rings (SSSR count). The van der Waals surface area contributed by atoms with Crippen LogP contribution < -0.4 is 4.74 Å². The maximum atomic E-state index is 6.17. The molecule has 1 aromatic carbocycles. The van der Waals surface area contributed by atoms with Crippen molar-refractivity contribution in [3.8, 4) is 5.75 Å². The molecule has 0 radical (unpaired) electrons. The van der Waals surface area contributed by atoms with E-state index >= 15 is 0 Å². The van der Waals surface area contributed by atoms with Gasteiger partial charge in [-0.3, -0.25) is 0 Å². The van der Waals surface area contributed by atoms with Crippen LogP contribution in [0.2, 0.25) is 0 Å². The van der Waals surface area contributed by atoms with Gasteiger partial charge in [-0.2, -0.15) is 0 Å². The molecule has 6 heteroatoms. The molecule has 1 saturated carbocycles. The summed E-state index contributed by atoms with van der Waals surface area (Å²) in [5.41, 5.74) is 0. The normalized spacial score (nSPS) is 26.1. The Balaban J connectivity index is 2.05. The highest BCUT2D eigenvalue weighted by Crippen LogP contribution is 2.37. The highest BCUT2D eigenvalue weighted by molar-refractivity contribution is 14.1. The molecule has 1 aliphatic carbocycles. The summed E-state index contributed by atoms with van der Waals surface area (Å²) in [5.74, 6) is 0.996. The van der Waals surface area contributed by atoms with Gasteiger partial charge in [-0.05, 0) is 86.3 Å². The summed E-state index contributed by atoms with van der Waals surface area (Å²) >= 11 is 10.7. The van der Waals surface area contributed by atoms with E-state index in [4.69, 9.17) is 9.47 Å². The molecule has 0 amide bonds. The van der Waals surface area contributed by atoms with Crippen LogP contribution in [-0.2, 0) is 4.74 Å². The fourth-order valence-electron chi connectivity index (χ4n) is 1.90. The van der Waals surface area contributed by atoms with Crippen molar-refractivity contribution >= 4 is 83.7 Å². The second-order valence-corrected chi connectivity index (χ2v) is 9.19. The van der Waals surface area contributed by atoms with Gasteiger partial charge < -0.3 is 9.47 Å². The first-order valence-corrected chi connectivity index (χ1v) is 10.2. The first-order valence-electron chi connectivity index (χ1n) is 6.09. The predicted molar refractivity (Wildman–Crippen MR) is 106 cm³/mol. The molecule has 0 spiro atoms. The largest absolute Gasteiger partial charge is 0.485 e. The van der Waals surface area contributed by atoms with Crippen LogP contribution in [-0.4, -0.2) is 23.6 Å². The van der Waals surface area contributed by atoms with Crippen molar-refractivity contribution in [2.75, 3.05) is 6.61 Å². The van der Waals surface area contributed by atoms with Crippen LogP contribution in [0, 0.1) is 10.7 Å². The first kappa shape index (κ1) is 17.0. The maximum Gasteiger partial charge on any atom is 0.146 e. The van der Waals surface area contributed by atoms with Crippen molar-refractivity contribution in [3.05, 3.63) is 22.8 Å². The minimum Gasteiger partial charge on any atom is -0.485 e. The Hall–Kier alpha value is 1.65. The molecule has 2 nitrogen and oxygen atoms in total. The maximum absolute atomic E-state index is 6.17. The molecule has 0 bridgehead atoms. The topological polar surface area (TPSA) is 18.5 Å². The van der Waals surface area contributed by atoms with Crippen molar-refractivity contribution in [1.29, 1.82) is 0 Å². The first-order chi connectivity index (χ1) is 9.02. The lowest BCUT2D eigenvalue weighted by Gasteiger charge is -2.41. The summed E-state index contributed by atoms with van der Waals surface area (Å²) in [5, 5.41) is 0. The van der Waals surface area contributed by atoms with Gasteiger partial charge in [-0.15, -0.1) is 0 Å². The molecule has 3 atom stereocenters. The average molecular weight is 663 g/mol. The molecule has 0 aliphatic heterocycles. The van der Waals surface area contributed by atoms with E-state index in [1.807, 2.05) is 0 Å². The minimum absolute atomic E-state index is 0.165. The van der Waals surface area contributed by atoms with E-state index in [0.717, 1.165) is 25.2 Å². The Morgan fingerprint density at radius 2 is 1.89 bits per heavy atom. The molecule has 1 aliphatic rings. The van der Waals surface area contributed by atoms with Crippen molar-refractivity contribution in [2.24, 2.45) is 0 Å². The lowest BCUT2D eigenvalue weighted by molar-refractivity contribution is -0.0767. The van der Waals surface area contributed by atoms with Crippen LogP contribution in [0.4, 0.5) is 0 Å². The van der Waals surface area contributed by atoms with Gasteiger partial charge in [-0.1, -0.05) is 22.9 Å². The summed E-state index contributed by atoms with van der Waals surface area (Å²) in [6.45, 7) is 2.93. The molecule has 0 heterocycles. The third kappa shape index (κ3) is 4.32. The van der Waals surface area contributed by atoms with Crippen molar-refractivity contribution in [1.82, 2.24) is 0 Å². The summed E-state index contributed by atoms with van der Waals surface area (Å²) in [4.78, 5) is 0.420. The zero-order valence-corrected chi connectivity index (χ0v) is 18.4. The lowest BCUT2D eigenvalue weighted by atomic mass is 9.91. The molecular formula is C13H14BrI3O2. The van der Waals surface area contributed by atoms with E-state index < -0.39 is 0 Å². The molecule has 3 unspecified atom stereocenters. The predicted octanol–water partition coefficient (Wildman–Crippen LogP) is 5.21. The van der Waals surface area contributed by atoms with Gasteiger partial charge in [0.1, 0.15) is 18.0 Å². The lowest BCUT2D eigenvalue weighted by Crippen LogP contribution is -2.52. The van der Waals surface area contributed by atoms with E-state index in [2.05, 4.69) is 103 Å². The second kappa shape index (κ2) is 7.77. The van der Waals surface area contributed by atoms with Crippen molar-refractivity contribution in [3.63, 3.8) is 0 Å². The number of ether oxygens (including phenoxy) is 2. The van der Waals surface area contributed by atoms with E-state index in [1.54, 1.807) is 0 Å². The van der Waals surface area contributed by atoms with Gasteiger partial charge in [0.25, 0.3) is 0 Å². The number of rotatable bonds is 5. The Labute approximate surface area is 163 Å². The van der Waals surface area contributed by atoms with Gasteiger partial charge in [0, 0.05) is 21.4 Å². The van der Waals surface area contributed by atoms with E-state index in [9.17, 15) is 0 Å². The van der Waals surface area contributed by atoms with Crippen molar-refractivity contribution < 1.29 is 9.47 Å². The van der Waals surface area contributed by atoms with Crippen LogP contribution >= 0.6 is 83.7 Å². The summed E-state index contributed by atoms with van der Waals surface area (Å²) in [7, 11) is 0. The standard InChI is InChI=1S/C13H14BrI3O2/c1-2-3-18-12-8(14)6-11(12)19-13-9(16)4-7(15)5-10(13)17/h4-5,8,11-12H,2-3,6H2,1H3. The van der Waals surface area contributed by atoms with Crippen LogP contribution in [0.1, 0.15) is 19.8 Å². The molecule has 1 aromatic rings. The molecule has 19 heavy (non-hydrogen) atoms. The van der Waals surface area contributed by atoms with E-state index in [1.165, 1.54) is 10.7 Å². The van der Waals surface area contributed by atoms with Gasteiger partial charge in [0.15, 0.2) is 0 Å². The highest BCUT2D eigenvalue weighted by Gasteiger charge is 2.42. The number of hydrogen-bond acceptors (Lipinski definition) is 2. The summed E-state index contributed by atoms with van der Waals surface area (Å²) in [6.07, 6.45) is 2.39. The fraction of sp³-hybridized carbons (Fsp3) is 0.538. The third-order valence-electron chi connectivity index (χ3n) is 2.93. The Morgan fingerprint density at radius 3 is 2.42 bits per heavy atom. The summed E-state index contributed by atoms with van der Waals surface area (Å²) < 4.78 is 15.6. The fourth-order valence-corrected chi connectivity index (χ4v) is 6.60.